The normalized spacial score (nSPS) is 11.3. The lowest BCUT2D eigenvalue weighted by molar-refractivity contribution is 0.590. The predicted octanol–water partition coefficient (Wildman–Crippen LogP) is 4.75. The minimum absolute atomic E-state index is 0.574. The zero-order chi connectivity index (χ0) is 15.3. The summed E-state index contributed by atoms with van der Waals surface area (Å²) >= 11 is 1.65. The van der Waals surface area contributed by atoms with E-state index in [9.17, 15) is 4.57 Å². The number of hydrogen-bond acceptors (Lipinski definition) is 2. The summed E-state index contributed by atoms with van der Waals surface area (Å²) in [6.07, 6.45) is 0. The molecule has 3 aromatic rings. The van der Waals surface area contributed by atoms with Crippen LogP contribution in [0.15, 0.2) is 95.9 Å². The molecule has 0 fully saturated rings. The fourth-order valence-corrected chi connectivity index (χ4v) is 6.79. The summed E-state index contributed by atoms with van der Waals surface area (Å²) in [6.45, 7) is 0. The zero-order valence-electron chi connectivity index (χ0n) is 12.1. The first-order valence-corrected chi connectivity index (χ1v) is 10.0. The van der Waals surface area contributed by atoms with Crippen molar-refractivity contribution in [2.75, 3.05) is 5.49 Å². The van der Waals surface area contributed by atoms with Crippen LogP contribution in [0, 0.1) is 0 Å². The summed E-state index contributed by atoms with van der Waals surface area (Å²) in [5.74, 6) is 0. The monoisotopic (exact) mass is 324 g/mol. The Balaban J connectivity index is 1.95. The van der Waals surface area contributed by atoms with E-state index in [2.05, 4.69) is 12.1 Å². The second-order valence-corrected chi connectivity index (χ2v) is 9.30. The van der Waals surface area contributed by atoms with Crippen molar-refractivity contribution < 1.29 is 4.57 Å². The molecule has 0 aromatic heterocycles. The average molecular weight is 324 g/mol. The Hall–Kier alpha value is -1.76. The van der Waals surface area contributed by atoms with Crippen molar-refractivity contribution in [3.8, 4) is 0 Å². The SMILES string of the molecule is O=P(CSc1ccccc1)(c1ccccc1)c1ccccc1. The second-order valence-electron chi connectivity index (χ2n) is 5.00. The van der Waals surface area contributed by atoms with Crippen LogP contribution < -0.4 is 10.6 Å². The van der Waals surface area contributed by atoms with Crippen molar-refractivity contribution in [2.45, 2.75) is 4.90 Å². The van der Waals surface area contributed by atoms with Gasteiger partial charge in [0.05, 0.1) is 5.49 Å². The number of thioether (sulfide) groups is 1. The van der Waals surface area contributed by atoms with Gasteiger partial charge in [0.25, 0.3) is 0 Å². The summed E-state index contributed by atoms with van der Waals surface area (Å²) in [5.41, 5.74) is 0.574. The Kier molecular flexibility index (Phi) is 4.82. The van der Waals surface area contributed by atoms with Crippen LogP contribution in [0.1, 0.15) is 0 Å². The van der Waals surface area contributed by atoms with Crippen molar-refractivity contribution >= 4 is 29.5 Å². The Bertz CT molecular complexity index is 714. The van der Waals surface area contributed by atoms with E-state index >= 15 is 0 Å². The summed E-state index contributed by atoms with van der Waals surface area (Å²) in [5, 5.41) is 1.84. The highest BCUT2D eigenvalue weighted by atomic mass is 32.2. The Morgan fingerprint density at radius 3 is 1.50 bits per heavy atom. The van der Waals surface area contributed by atoms with Crippen molar-refractivity contribution in [3.63, 3.8) is 0 Å². The van der Waals surface area contributed by atoms with Crippen LogP contribution in [-0.2, 0) is 4.57 Å². The summed E-state index contributed by atoms with van der Waals surface area (Å²) in [7, 11) is -2.63. The number of rotatable bonds is 5. The van der Waals surface area contributed by atoms with Crippen molar-refractivity contribution in [3.05, 3.63) is 91.0 Å². The van der Waals surface area contributed by atoms with E-state index in [1.165, 1.54) is 0 Å². The van der Waals surface area contributed by atoms with E-state index in [-0.39, 0.29) is 0 Å². The van der Waals surface area contributed by atoms with Gasteiger partial charge in [-0.2, -0.15) is 0 Å². The predicted molar refractivity (Wildman–Crippen MR) is 96.9 cm³/mol. The highest BCUT2D eigenvalue weighted by Gasteiger charge is 2.27. The highest BCUT2D eigenvalue weighted by molar-refractivity contribution is 8.07. The maximum Gasteiger partial charge on any atom is 0.153 e. The average Bonchev–Trinajstić information content (AvgIpc) is 2.62. The van der Waals surface area contributed by atoms with Crippen molar-refractivity contribution in [2.24, 2.45) is 0 Å². The largest absolute Gasteiger partial charge is 0.313 e. The summed E-state index contributed by atoms with van der Waals surface area (Å²) < 4.78 is 13.8. The van der Waals surface area contributed by atoms with Gasteiger partial charge in [-0.25, -0.2) is 0 Å². The third-order valence-corrected chi connectivity index (χ3v) is 8.34. The summed E-state index contributed by atoms with van der Waals surface area (Å²) in [4.78, 5) is 1.15. The van der Waals surface area contributed by atoms with Gasteiger partial charge in [0, 0.05) is 15.5 Å². The lowest BCUT2D eigenvalue weighted by atomic mass is 10.4. The maximum absolute atomic E-state index is 13.8. The van der Waals surface area contributed by atoms with Gasteiger partial charge in [0.2, 0.25) is 0 Å². The Morgan fingerprint density at radius 1 is 0.636 bits per heavy atom. The molecule has 22 heavy (non-hydrogen) atoms. The molecule has 0 spiro atoms. The molecular formula is C19H17OPS. The minimum atomic E-state index is -2.63. The molecule has 0 amide bonds. The quantitative estimate of drug-likeness (QED) is 0.497. The Labute approximate surface area is 135 Å². The first kappa shape index (κ1) is 15.1. The van der Waals surface area contributed by atoms with E-state index in [0.29, 0.717) is 5.49 Å². The molecule has 3 aromatic carbocycles. The number of benzene rings is 3. The molecule has 0 aliphatic carbocycles. The van der Waals surface area contributed by atoms with Gasteiger partial charge in [-0.05, 0) is 12.1 Å². The molecular weight excluding hydrogens is 307 g/mol. The molecule has 1 nitrogen and oxygen atoms in total. The molecule has 110 valence electrons. The van der Waals surface area contributed by atoms with Gasteiger partial charge in [0.1, 0.15) is 0 Å². The van der Waals surface area contributed by atoms with Crippen LogP contribution in [0.25, 0.3) is 0 Å². The van der Waals surface area contributed by atoms with E-state index in [1.807, 2.05) is 78.9 Å². The first-order valence-electron chi connectivity index (χ1n) is 7.17. The minimum Gasteiger partial charge on any atom is -0.313 e. The topological polar surface area (TPSA) is 17.1 Å². The molecule has 3 heteroatoms. The van der Waals surface area contributed by atoms with E-state index in [0.717, 1.165) is 15.5 Å². The van der Waals surface area contributed by atoms with Gasteiger partial charge < -0.3 is 4.57 Å². The molecule has 3 rings (SSSR count). The van der Waals surface area contributed by atoms with Crippen molar-refractivity contribution in [1.29, 1.82) is 0 Å². The van der Waals surface area contributed by atoms with Gasteiger partial charge in [-0.1, -0.05) is 78.9 Å². The van der Waals surface area contributed by atoms with Gasteiger partial charge in [-0.3, -0.25) is 0 Å². The molecule has 0 bridgehead atoms. The van der Waals surface area contributed by atoms with Crippen LogP contribution in [0.4, 0.5) is 0 Å². The fourth-order valence-electron chi connectivity index (χ4n) is 2.32. The highest BCUT2D eigenvalue weighted by Crippen LogP contribution is 2.47. The van der Waals surface area contributed by atoms with Gasteiger partial charge in [-0.15, -0.1) is 11.8 Å². The molecule has 0 aliphatic rings. The van der Waals surface area contributed by atoms with Gasteiger partial charge in [0.15, 0.2) is 7.14 Å². The third-order valence-electron chi connectivity index (χ3n) is 3.50. The molecule has 0 aliphatic heterocycles. The van der Waals surface area contributed by atoms with Crippen LogP contribution in [0.5, 0.6) is 0 Å². The first-order chi connectivity index (χ1) is 10.8. The molecule has 0 saturated carbocycles. The van der Waals surface area contributed by atoms with E-state index in [1.54, 1.807) is 11.8 Å². The molecule has 0 N–H and O–H groups in total. The third kappa shape index (κ3) is 3.35. The second kappa shape index (κ2) is 7.00. The van der Waals surface area contributed by atoms with Crippen LogP contribution >= 0.6 is 18.9 Å². The van der Waals surface area contributed by atoms with E-state index < -0.39 is 7.14 Å². The molecule has 0 radical (unpaired) electrons. The van der Waals surface area contributed by atoms with Crippen LogP contribution in [0.3, 0.4) is 0 Å². The van der Waals surface area contributed by atoms with Crippen LogP contribution in [0.2, 0.25) is 0 Å². The van der Waals surface area contributed by atoms with Crippen molar-refractivity contribution in [1.82, 2.24) is 0 Å². The molecule has 0 saturated heterocycles. The lowest BCUT2D eigenvalue weighted by Crippen LogP contribution is -2.17. The summed E-state index contributed by atoms with van der Waals surface area (Å²) in [6, 6.07) is 29.8. The zero-order valence-corrected chi connectivity index (χ0v) is 13.8. The Morgan fingerprint density at radius 2 is 1.05 bits per heavy atom. The van der Waals surface area contributed by atoms with E-state index in [4.69, 9.17) is 0 Å². The molecule has 0 heterocycles. The maximum atomic E-state index is 13.8. The van der Waals surface area contributed by atoms with Gasteiger partial charge >= 0.3 is 0 Å². The number of hydrogen-bond donors (Lipinski definition) is 0. The molecule has 0 atom stereocenters. The molecule has 0 unspecified atom stereocenters. The standard InChI is InChI=1S/C19H17OPS/c20-21(17-10-4-1-5-11-17,18-12-6-2-7-13-18)16-22-19-14-8-3-9-15-19/h1-15H,16H2. The van der Waals surface area contributed by atoms with Crippen LogP contribution in [-0.4, -0.2) is 5.49 Å². The fraction of sp³-hybridized carbons (Fsp3) is 0.0526. The lowest BCUT2D eigenvalue weighted by Gasteiger charge is -2.19. The smallest absolute Gasteiger partial charge is 0.153 e.